The molecule has 53 valence electrons. The van der Waals surface area contributed by atoms with Crippen molar-refractivity contribution in [3.8, 4) is 0 Å². The summed E-state index contributed by atoms with van der Waals surface area (Å²) >= 11 is 0. The van der Waals surface area contributed by atoms with Gasteiger partial charge < -0.3 is 5.48 Å². The van der Waals surface area contributed by atoms with Gasteiger partial charge in [0.2, 0.25) is 0 Å². The van der Waals surface area contributed by atoms with Gasteiger partial charge in [-0.05, 0) is 0 Å². The fourth-order valence-electron chi connectivity index (χ4n) is 0. The van der Waals surface area contributed by atoms with Crippen LogP contribution in [0.4, 0.5) is 0 Å². The molecular formula is H5CuNaO5S. The zero-order chi connectivity index (χ0) is 4.50. The van der Waals surface area contributed by atoms with Gasteiger partial charge in [0.05, 0.1) is 0 Å². The van der Waals surface area contributed by atoms with Gasteiger partial charge in [-0.3, -0.25) is 9.11 Å². The van der Waals surface area contributed by atoms with Crippen LogP contribution in [0, 0.1) is 0 Å². The van der Waals surface area contributed by atoms with Crippen LogP contribution in [-0.2, 0) is 27.5 Å². The van der Waals surface area contributed by atoms with Crippen molar-refractivity contribution in [3.05, 3.63) is 0 Å². The van der Waals surface area contributed by atoms with Crippen molar-refractivity contribution < 1.29 is 40.1 Å². The van der Waals surface area contributed by atoms with E-state index in [0.717, 1.165) is 0 Å². The first kappa shape index (κ1) is 22.8. The van der Waals surface area contributed by atoms with Gasteiger partial charge in [-0.25, -0.2) is 0 Å². The molecule has 0 unspecified atom stereocenters. The Morgan fingerprint density at radius 3 is 1.12 bits per heavy atom. The maximum absolute atomic E-state index is 8.74. The van der Waals surface area contributed by atoms with Crippen molar-refractivity contribution in [1.82, 2.24) is 0 Å². The molecule has 5 nitrogen and oxygen atoms in total. The average molecular weight is 204 g/mol. The molecule has 0 aromatic heterocycles. The Morgan fingerprint density at radius 2 is 1.12 bits per heavy atom. The molecule has 8 heteroatoms. The van der Waals surface area contributed by atoms with Gasteiger partial charge in [0.1, 0.15) is 0 Å². The number of hydrogen-bond acceptors (Lipinski definition) is 2. The minimum atomic E-state index is -4.67. The van der Waals surface area contributed by atoms with Gasteiger partial charge in [-0.15, -0.1) is 0 Å². The zero-order valence-corrected chi connectivity index (χ0v) is 4.68. The van der Waals surface area contributed by atoms with E-state index in [2.05, 4.69) is 0 Å². The Hall–Kier alpha value is 1.35. The van der Waals surface area contributed by atoms with E-state index in [1.54, 1.807) is 0 Å². The van der Waals surface area contributed by atoms with E-state index in [1.165, 1.54) is 0 Å². The Labute approximate surface area is 79.5 Å². The van der Waals surface area contributed by atoms with Crippen LogP contribution in [0.1, 0.15) is 0 Å². The van der Waals surface area contributed by atoms with Crippen LogP contribution in [0.15, 0.2) is 0 Å². The monoisotopic (exact) mass is 203 g/mol. The molecule has 0 heterocycles. The molecule has 4 N–H and O–H groups in total. The number of hydrogen-bond donors (Lipinski definition) is 2. The van der Waals surface area contributed by atoms with Crippen LogP contribution in [0.2, 0.25) is 0 Å². The van der Waals surface area contributed by atoms with Gasteiger partial charge in [0, 0.05) is 17.1 Å². The fourth-order valence-corrected chi connectivity index (χ4v) is 0. The van der Waals surface area contributed by atoms with Crippen molar-refractivity contribution in [2.45, 2.75) is 0 Å². The molecule has 1 radical (unpaired) electrons. The molecule has 0 saturated carbocycles. The van der Waals surface area contributed by atoms with E-state index in [4.69, 9.17) is 17.5 Å². The molecule has 0 bridgehead atoms. The summed E-state index contributed by atoms with van der Waals surface area (Å²) in [7, 11) is -4.67. The third-order valence-corrected chi connectivity index (χ3v) is 0. The second-order valence-electron chi connectivity index (χ2n) is 0.448. The molecule has 0 aromatic rings. The summed E-state index contributed by atoms with van der Waals surface area (Å²) in [6.45, 7) is 0. The second-order valence-corrected chi connectivity index (χ2v) is 1.34. The Morgan fingerprint density at radius 1 is 1.12 bits per heavy atom. The van der Waals surface area contributed by atoms with E-state index in [-0.39, 0.29) is 52.1 Å². The molecular weight excluding hydrogens is 199 g/mol. The van der Waals surface area contributed by atoms with Crippen LogP contribution >= 0.6 is 0 Å². The predicted octanol–water partition coefficient (Wildman–Crippen LogP) is -2.13. The molecule has 0 aliphatic rings. The summed E-state index contributed by atoms with van der Waals surface area (Å²) in [5.41, 5.74) is 0. The third kappa shape index (κ3) is 163. The molecule has 0 spiro atoms. The van der Waals surface area contributed by atoms with E-state index < -0.39 is 10.4 Å². The summed E-state index contributed by atoms with van der Waals surface area (Å²) in [4.78, 5) is 0. The summed E-state index contributed by atoms with van der Waals surface area (Å²) in [6.07, 6.45) is 0. The van der Waals surface area contributed by atoms with Crippen LogP contribution in [0.5, 0.6) is 0 Å². The second kappa shape index (κ2) is 8.35. The average Bonchev–Trinajstić information content (AvgIpc) is 0.722. The third-order valence-electron chi connectivity index (χ3n) is 0. The molecule has 0 aliphatic carbocycles. The maximum atomic E-state index is 8.74. The van der Waals surface area contributed by atoms with Crippen molar-refractivity contribution >= 4 is 40.0 Å². The van der Waals surface area contributed by atoms with Crippen LogP contribution < -0.4 is 0 Å². The SMILES string of the molecule is O.O=S(=O)(O)O.[Cu].[NaH]. The van der Waals surface area contributed by atoms with E-state index >= 15 is 0 Å². The van der Waals surface area contributed by atoms with Crippen LogP contribution in [0.3, 0.4) is 0 Å². The predicted molar refractivity (Wildman–Crippen MR) is 24.9 cm³/mol. The molecule has 0 aromatic carbocycles. The van der Waals surface area contributed by atoms with E-state index in [0.29, 0.717) is 0 Å². The molecule has 0 aliphatic heterocycles. The summed E-state index contributed by atoms with van der Waals surface area (Å²) < 4.78 is 31.6. The van der Waals surface area contributed by atoms with Gasteiger partial charge in [0.15, 0.2) is 0 Å². The first-order valence-electron chi connectivity index (χ1n) is 0.698. The van der Waals surface area contributed by atoms with Crippen molar-refractivity contribution in [3.63, 3.8) is 0 Å². The van der Waals surface area contributed by atoms with Gasteiger partial charge in [0.25, 0.3) is 0 Å². The zero-order valence-electron chi connectivity index (χ0n) is 2.92. The molecule has 0 rings (SSSR count). The van der Waals surface area contributed by atoms with Gasteiger partial charge >= 0.3 is 40.0 Å². The van der Waals surface area contributed by atoms with E-state index in [1.807, 2.05) is 0 Å². The molecule has 0 saturated heterocycles. The first-order chi connectivity index (χ1) is 2.00. The quantitative estimate of drug-likeness (QED) is 0.347. The first-order valence-corrected chi connectivity index (χ1v) is 2.10. The Balaban J connectivity index is -0.0000000267. The summed E-state index contributed by atoms with van der Waals surface area (Å²) in [5.74, 6) is 0. The topological polar surface area (TPSA) is 106 Å². The Bertz CT molecular complexity index is 95.6. The normalized spacial score (nSPS) is 7.25. The van der Waals surface area contributed by atoms with Gasteiger partial charge in [-0.1, -0.05) is 0 Å². The minimum absolute atomic E-state index is 0. The summed E-state index contributed by atoms with van der Waals surface area (Å²) in [5, 5.41) is 0. The molecule has 0 atom stereocenters. The van der Waals surface area contributed by atoms with Crippen molar-refractivity contribution in [2.24, 2.45) is 0 Å². The Kier molecular flexibility index (Phi) is 23.8. The molecule has 0 amide bonds. The van der Waals surface area contributed by atoms with Crippen molar-refractivity contribution in [2.75, 3.05) is 0 Å². The standard InChI is InChI=1S/Cu.Na.H2O4S.H2O.H/c;;1-5(2,3)4;;/h;;(H2,1,2,3,4);1H2;. The van der Waals surface area contributed by atoms with Crippen molar-refractivity contribution in [1.29, 1.82) is 0 Å². The molecule has 0 fully saturated rings. The van der Waals surface area contributed by atoms with Crippen LogP contribution in [-0.4, -0.2) is 52.6 Å². The van der Waals surface area contributed by atoms with Gasteiger partial charge in [-0.2, -0.15) is 8.42 Å². The fraction of sp³-hybridized carbons (Fsp3) is 0. The van der Waals surface area contributed by atoms with Crippen LogP contribution in [0.25, 0.3) is 0 Å². The van der Waals surface area contributed by atoms with E-state index in [9.17, 15) is 0 Å². The summed E-state index contributed by atoms with van der Waals surface area (Å²) in [6, 6.07) is 0. The molecule has 8 heavy (non-hydrogen) atoms. The number of rotatable bonds is 0.